The lowest BCUT2D eigenvalue weighted by Gasteiger charge is -2.31. The molecule has 0 spiro atoms. The van der Waals surface area contributed by atoms with Gasteiger partial charge in [-0.25, -0.2) is 13.8 Å². The first-order valence-corrected chi connectivity index (χ1v) is 13.0. The first-order chi connectivity index (χ1) is 20.3. The van der Waals surface area contributed by atoms with Gasteiger partial charge in [-0.05, 0) is 67.4 Å². The van der Waals surface area contributed by atoms with Crippen molar-refractivity contribution in [3.63, 3.8) is 0 Å². The number of hydrogen-bond acceptors (Lipinski definition) is 7. The van der Waals surface area contributed by atoms with Crippen LogP contribution in [0.1, 0.15) is 49.6 Å². The molecule has 1 fully saturated rings. The quantitative estimate of drug-likeness (QED) is 0.296. The summed E-state index contributed by atoms with van der Waals surface area (Å²) in [6.07, 6.45) is 3.41. The van der Waals surface area contributed by atoms with Crippen LogP contribution < -0.4 is 10.1 Å². The highest BCUT2D eigenvalue weighted by molar-refractivity contribution is 6.04. The molecule has 5 rings (SSSR count). The number of Topliss-reactive ketones (excluding diaryl/α,β-unsaturated/α-hetero) is 1. The molecule has 1 aliphatic rings. The molecule has 0 bridgehead atoms. The summed E-state index contributed by atoms with van der Waals surface area (Å²) < 4.78 is 32.8. The highest BCUT2D eigenvalue weighted by atomic mass is 19.1. The number of nitrogens with zero attached hydrogens (tertiary/aromatic N) is 4. The Hall–Kier alpha value is -5.50. The molecule has 4 aromatic rings. The van der Waals surface area contributed by atoms with Crippen molar-refractivity contribution in [2.45, 2.75) is 12.8 Å². The van der Waals surface area contributed by atoms with Crippen LogP contribution >= 0.6 is 0 Å². The Labute approximate surface area is 239 Å². The standard InChI is InChI=1S/C31H23F2N5O4/c32-22-4-8-25(26(33)15-22)29(39)20-11-13-38(14-12-20)31(41)27-9-3-21(17-35-27)30(40)37-23-5-10-28(36-18-23)42-24-6-1-19(16-34)2-7-24/h1-10,15,17-18,20H,11-14H2,(H,37,40). The smallest absolute Gasteiger partial charge is 0.272 e. The van der Waals surface area contributed by atoms with E-state index in [0.29, 0.717) is 41.8 Å². The molecule has 1 aliphatic heterocycles. The lowest BCUT2D eigenvalue weighted by atomic mass is 9.88. The number of anilines is 1. The number of hydrogen-bond donors (Lipinski definition) is 1. The Kier molecular flexibility index (Phi) is 8.24. The number of ketones is 1. The molecule has 2 aromatic heterocycles. The van der Waals surface area contributed by atoms with Gasteiger partial charge >= 0.3 is 0 Å². The van der Waals surface area contributed by atoms with Crippen molar-refractivity contribution in [2.75, 3.05) is 18.4 Å². The molecule has 9 nitrogen and oxygen atoms in total. The normalized spacial score (nSPS) is 13.2. The van der Waals surface area contributed by atoms with Crippen molar-refractivity contribution in [1.82, 2.24) is 14.9 Å². The number of nitriles is 1. The molecular formula is C31H23F2N5O4. The van der Waals surface area contributed by atoms with Crippen molar-refractivity contribution in [3.05, 3.63) is 113 Å². The van der Waals surface area contributed by atoms with Gasteiger partial charge in [0.25, 0.3) is 11.8 Å². The minimum absolute atomic E-state index is 0.145. The fourth-order valence-corrected chi connectivity index (χ4v) is 4.51. The van der Waals surface area contributed by atoms with E-state index in [1.54, 1.807) is 41.3 Å². The molecule has 2 amide bonds. The van der Waals surface area contributed by atoms with Gasteiger partial charge in [-0.15, -0.1) is 0 Å². The third-order valence-electron chi connectivity index (χ3n) is 6.79. The molecule has 11 heteroatoms. The second kappa shape index (κ2) is 12.3. The number of carbonyl (C=O) groups excluding carboxylic acids is 3. The number of halogens is 2. The van der Waals surface area contributed by atoms with Crippen molar-refractivity contribution < 1.29 is 27.9 Å². The second-order valence-electron chi connectivity index (χ2n) is 9.56. The fraction of sp³-hybridized carbons (Fsp3) is 0.161. The molecule has 2 aromatic carbocycles. The Bertz CT molecular complexity index is 1660. The van der Waals surface area contributed by atoms with Crippen LogP contribution in [0.4, 0.5) is 14.5 Å². The van der Waals surface area contributed by atoms with E-state index in [2.05, 4.69) is 15.3 Å². The van der Waals surface area contributed by atoms with Crippen molar-refractivity contribution in [1.29, 1.82) is 5.26 Å². The second-order valence-corrected chi connectivity index (χ2v) is 9.56. The summed E-state index contributed by atoms with van der Waals surface area (Å²) in [5.41, 5.74) is 1.16. The van der Waals surface area contributed by atoms with Gasteiger partial charge in [0.1, 0.15) is 23.1 Å². The third kappa shape index (κ3) is 6.45. The Morgan fingerprint density at radius 3 is 2.31 bits per heavy atom. The number of nitrogens with one attached hydrogen (secondary N) is 1. The highest BCUT2D eigenvalue weighted by Crippen LogP contribution is 2.25. The van der Waals surface area contributed by atoms with E-state index in [1.165, 1.54) is 24.5 Å². The van der Waals surface area contributed by atoms with Crippen LogP contribution in [0.3, 0.4) is 0 Å². The van der Waals surface area contributed by atoms with Gasteiger partial charge in [0.15, 0.2) is 5.78 Å². The van der Waals surface area contributed by atoms with Gasteiger partial charge < -0.3 is 15.0 Å². The van der Waals surface area contributed by atoms with Crippen LogP contribution in [0.2, 0.25) is 0 Å². The summed E-state index contributed by atoms with van der Waals surface area (Å²) in [5, 5.41) is 11.6. The number of pyridine rings is 2. The Morgan fingerprint density at radius 1 is 0.929 bits per heavy atom. The first kappa shape index (κ1) is 28.0. The van der Waals surface area contributed by atoms with Crippen LogP contribution in [-0.4, -0.2) is 45.6 Å². The number of rotatable bonds is 7. The summed E-state index contributed by atoms with van der Waals surface area (Å²) in [7, 11) is 0. The molecule has 1 N–H and O–H groups in total. The van der Waals surface area contributed by atoms with E-state index in [9.17, 15) is 23.2 Å². The van der Waals surface area contributed by atoms with Crippen molar-refractivity contribution >= 4 is 23.3 Å². The summed E-state index contributed by atoms with van der Waals surface area (Å²) in [6.45, 7) is 0.555. The molecule has 0 atom stereocenters. The molecule has 42 heavy (non-hydrogen) atoms. The summed E-state index contributed by atoms with van der Waals surface area (Å²) in [4.78, 5) is 48.2. The van der Waals surface area contributed by atoms with E-state index >= 15 is 0 Å². The third-order valence-corrected chi connectivity index (χ3v) is 6.79. The summed E-state index contributed by atoms with van der Waals surface area (Å²) >= 11 is 0. The molecule has 210 valence electrons. The molecule has 3 heterocycles. The molecule has 0 radical (unpaired) electrons. The van der Waals surface area contributed by atoms with Crippen LogP contribution in [0, 0.1) is 28.9 Å². The van der Waals surface area contributed by atoms with E-state index in [0.717, 1.165) is 12.1 Å². The Balaban J connectivity index is 1.13. The topological polar surface area (TPSA) is 125 Å². The zero-order valence-corrected chi connectivity index (χ0v) is 22.1. The van der Waals surface area contributed by atoms with Crippen LogP contribution in [0.15, 0.2) is 79.1 Å². The molecule has 0 aliphatic carbocycles. The van der Waals surface area contributed by atoms with E-state index in [4.69, 9.17) is 10.00 Å². The van der Waals surface area contributed by atoms with Gasteiger partial charge in [-0.3, -0.25) is 19.4 Å². The number of piperidine rings is 1. The zero-order chi connectivity index (χ0) is 29.6. The molecule has 1 saturated heterocycles. The summed E-state index contributed by atoms with van der Waals surface area (Å²) in [6, 6.07) is 17.6. The predicted octanol–water partition coefficient (Wildman–Crippen LogP) is 5.41. The molecular weight excluding hydrogens is 544 g/mol. The fourth-order valence-electron chi connectivity index (χ4n) is 4.51. The monoisotopic (exact) mass is 567 g/mol. The average molecular weight is 568 g/mol. The number of amides is 2. The number of benzene rings is 2. The maximum atomic E-state index is 14.0. The number of carbonyl (C=O) groups is 3. The maximum Gasteiger partial charge on any atom is 0.272 e. The molecule has 0 unspecified atom stereocenters. The number of likely N-dealkylation sites (tertiary alicyclic amines) is 1. The van der Waals surface area contributed by atoms with Gasteiger partial charge in [-0.1, -0.05) is 0 Å². The first-order valence-electron chi connectivity index (χ1n) is 13.0. The largest absolute Gasteiger partial charge is 0.439 e. The van der Waals surface area contributed by atoms with Crippen molar-refractivity contribution in [2.24, 2.45) is 5.92 Å². The summed E-state index contributed by atoms with van der Waals surface area (Å²) in [5.74, 6) is -2.50. The van der Waals surface area contributed by atoms with Crippen LogP contribution in [0.25, 0.3) is 0 Å². The molecule has 0 saturated carbocycles. The predicted molar refractivity (Wildman–Crippen MR) is 147 cm³/mol. The SMILES string of the molecule is N#Cc1ccc(Oc2ccc(NC(=O)c3ccc(C(=O)N4CCC(C(=O)c5ccc(F)cc5F)CC4)nc3)cn2)cc1. The van der Waals surface area contributed by atoms with Gasteiger partial charge in [-0.2, -0.15) is 5.26 Å². The zero-order valence-electron chi connectivity index (χ0n) is 22.1. The van der Waals surface area contributed by atoms with Crippen LogP contribution in [0.5, 0.6) is 11.6 Å². The van der Waals surface area contributed by atoms with E-state index in [1.807, 2.05) is 6.07 Å². The van der Waals surface area contributed by atoms with Crippen molar-refractivity contribution in [3.8, 4) is 17.7 Å². The van der Waals surface area contributed by atoms with E-state index in [-0.39, 0.29) is 35.8 Å². The minimum atomic E-state index is -0.895. The van der Waals surface area contributed by atoms with Crippen LogP contribution in [-0.2, 0) is 0 Å². The Morgan fingerprint density at radius 2 is 1.69 bits per heavy atom. The lowest BCUT2D eigenvalue weighted by molar-refractivity contribution is 0.0644. The highest BCUT2D eigenvalue weighted by Gasteiger charge is 2.30. The van der Waals surface area contributed by atoms with Gasteiger partial charge in [0.05, 0.1) is 34.6 Å². The number of aromatic nitrogens is 2. The lowest BCUT2D eigenvalue weighted by Crippen LogP contribution is -2.40. The number of ether oxygens (including phenoxy) is 1. The van der Waals surface area contributed by atoms with Gasteiger partial charge in [0.2, 0.25) is 5.88 Å². The average Bonchev–Trinajstić information content (AvgIpc) is 3.02. The maximum absolute atomic E-state index is 14.0. The van der Waals surface area contributed by atoms with E-state index < -0.39 is 29.2 Å². The van der Waals surface area contributed by atoms with Gasteiger partial charge in [0, 0.05) is 37.3 Å². The minimum Gasteiger partial charge on any atom is -0.439 e.